The lowest BCUT2D eigenvalue weighted by Crippen LogP contribution is -2.20. The molecule has 0 saturated carbocycles. The standard InChI is InChI=1S/C15H25NO/c1-12(2)8-7-11-16-13(3)14-9-5-6-10-15(14)17-4/h5-6,9-10,12-13,16H,7-8,11H2,1-4H3/t13-/m0/s1. The molecule has 0 spiro atoms. The normalized spacial score (nSPS) is 12.8. The van der Waals surface area contributed by atoms with Gasteiger partial charge in [0.05, 0.1) is 7.11 Å². The highest BCUT2D eigenvalue weighted by Crippen LogP contribution is 2.24. The van der Waals surface area contributed by atoms with Crippen molar-refractivity contribution in [2.24, 2.45) is 5.92 Å². The minimum atomic E-state index is 0.346. The van der Waals surface area contributed by atoms with Crippen molar-refractivity contribution < 1.29 is 4.74 Å². The van der Waals surface area contributed by atoms with Crippen molar-refractivity contribution in [3.05, 3.63) is 29.8 Å². The van der Waals surface area contributed by atoms with Gasteiger partial charge < -0.3 is 10.1 Å². The number of ether oxygens (including phenoxy) is 1. The van der Waals surface area contributed by atoms with Crippen LogP contribution in [0.1, 0.15) is 45.2 Å². The van der Waals surface area contributed by atoms with Gasteiger partial charge in [-0.3, -0.25) is 0 Å². The molecule has 0 heterocycles. The lowest BCUT2D eigenvalue weighted by atomic mass is 10.1. The smallest absolute Gasteiger partial charge is 0.123 e. The first-order chi connectivity index (χ1) is 8.15. The van der Waals surface area contributed by atoms with Crippen LogP contribution in [0, 0.1) is 5.92 Å². The Morgan fingerprint density at radius 3 is 2.53 bits per heavy atom. The molecule has 0 bridgehead atoms. The fraction of sp³-hybridized carbons (Fsp3) is 0.600. The maximum Gasteiger partial charge on any atom is 0.123 e. The number of para-hydroxylation sites is 1. The Balaban J connectivity index is 2.43. The Bertz CT molecular complexity index is 322. The molecule has 1 N–H and O–H groups in total. The van der Waals surface area contributed by atoms with E-state index >= 15 is 0 Å². The number of hydrogen-bond donors (Lipinski definition) is 1. The van der Waals surface area contributed by atoms with Crippen molar-refractivity contribution in [1.29, 1.82) is 0 Å². The Hall–Kier alpha value is -1.02. The van der Waals surface area contributed by atoms with Crippen molar-refractivity contribution in [2.45, 2.75) is 39.7 Å². The molecule has 0 aliphatic carbocycles. The summed E-state index contributed by atoms with van der Waals surface area (Å²) in [5.41, 5.74) is 1.24. The molecule has 1 rings (SSSR count). The monoisotopic (exact) mass is 235 g/mol. The predicted molar refractivity (Wildman–Crippen MR) is 73.5 cm³/mol. The second-order valence-corrected chi connectivity index (χ2v) is 4.95. The maximum atomic E-state index is 5.37. The average Bonchev–Trinajstić information content (AvgIpc) is 2.34. The summed E-state index contributed by atoms with van der Waals surface area (Å²) in [6.07, 6.45) is 2.52. The molecule has 0 unspecified atom stereocenters. The number of methoxy groups -OCH3 is 1. The van der Waals surface area contributed by atoms with Gasteiger partial charge in [-0.1, -0.05) is 32.0 Å². The van der Waals surface area contributed by atoms with Gasteiger partial charge in [-0.2, -0.15) is 0 Å². The SMILES string of the molecule is COc1ccccc1[C@H](C)NCCCC(C)C. The van der Waals surface area contributed by atoms with Gasteiger partial charge in [0.15, 0.2) is 0 Å². The third-order valence-electron chi connectivity index (χ3n) is 3.01. The van der Waals surface area contributed by atoms with Crippen LogP contribution in [0.3, 0.4) is 0 Å². The molecule has 0 fully saturated rings. The summed E-state index contributed by atoms with van der Waals surface area (Å²) < 4.78 is 5.37. The maximum absolute atomic E-state index is 5.37. The van der Waals surface area contributed by atoms with E-state index < -0.39 is 0 Å². The van der Waals surface area contributed by atoms with Crippen LogP contribution in [0.2, 0.25) is 0 Å². The second kappa shape index (κ2) is 7.33. The van der Waals surface area contributed by atoms with Crippen LogP contribution in [0.25, 0.3) is 0 Å². The van der Waals surface area contributed by atoms with Gasteiger partial charge in [0.1, 0.15) is 5.75 Å². The van der Waals surface area contributed by atoms with E-state index in [-0.39, 0.29) is 0 Å². The van der Waals surface area contributed by atoms with E-state index in [1.807, 2.05) is 12.1 Å². The lowest BCUT2D eigenvalue weighted by molar-refractivity contribution is 0.400. The van der Waals surface area contributed by atoms with Gasteiger partial charge in [-0.15, -0.1) is 0 Å². The zero-order valence-corrected chi connectivity index (χ0v) is 11.5. The van der Waals surface area contributed by atoms with E-state index in [0.29, 0.717) is 6.04 Å². The van der Waals surface area contributed by atoms with Crippen molar-refractivity contribution in [3.8, 4) is 5.75 Å². The molecule has 0 amide bonds. The molecule has 0 radical (unpaired) electrons. The fourth-order valence-electron chi connectivity index (χ4n) is 1.96. The van der Waals surface area contributed by atoms with E-state index in [9.17, 15) is 0 Å². The average molecular weight is 235 g/mol. The Morgan fingerprint density at radius 1 is 1.18 bits per heavy atom. The molecule has 0 aliphatic heterocycles. The summed E-state index contributed by atoms with van der Waals surface area (Å²) in [6, 6.07) is 8.55. The third-order valence-corrected chi connectivity index (χ3v) is 3.01. The van der Waals surface area contributed by atoms with Crippen LogP contribution in [0.15, 0.2) is 24.3 Å². The predicted octanol–water partition coefficient (Wildman–Crippen LogP) is 3.78. The molecule has 0 aromatic heterocycles. The Kier molecular flexibility index (Phi) is 6.06. The summed E-state index contributed by atoms with van der Waals surface area (Å²) in [5, 5.41) is 3.55. The minimum Gasteiger partial charge on any atom is -0.496 e. The van der Waals surface area contributed by atoms with Gasteiger partial charge in [-0.05, 0) is 38.3 Å². The number of nitrogens with one attached hydrogen (secondary N) is 1. The van der Waals surface area contributed by atoms with Gasteiger partial charge in [0, 0.05) is 11.6 Å². The van der Waals surface area contributed by atoms with Gasteiger partial charge >= 0.3 is 0 Å². The van der Waals surface area contributed by atoms with Crippen LogP contribution in [-0.4, -0.2) is 13.7 Å². The van der Waals surface area contributed by atoms with Crippen LogP contribution < -0.4 is 10.1 Å². The van der Waals surface area contributed by atoms with Crippen LogP contribution in [-0.2, 0) is 0 Å². The van der Waals surface area contributed by atoms with Crippen LogP contribution >= 0.6 is 0 Å². The van der Waals surface area contributed by atoms with E-state index in [2.05, 4.69) is 38.2 Å². The van der Waals surface area contributed by atoms with Crippen LogP contribution in [0.5, 0.6) is 5.75 Å². The van der Waals surface area contributed by atoms with E-state index in [1.165, 1.54) is 18.4 Å². The molecular formula is C15H25NO. The van der Waals surface area contributed by atoms with Crippen molar-refractivity contribution in [1.82, 2.24) is 5.32 Å². The van der Waals surface area contributed by atoms with Crippen LogP contribution in [0.4, 0.5) is 0 Å². The first-order valence-corrected chi connectivity index (χ1v) is 6.51. The molecule has 1 atom stereocenters. The molecule has 0 aliphatic rings. The third kappa shape index (κ3) is 4.78. The molecule has 17 heavy (non-hydrogen) atoms. The molecule has 96 valence electrons. The lowest BCUT2D eigenvalue weighted by Gasteiger charge is -2.17. The molecular weight excluding hydrogens is 210 g/mol. The van der Waals surface area contributed by atoms with Gasteiger partial charge in [-0.25, -0.2) is 0 Å². The minimum absolute atomic E-state index is 0.346. The zero-order valence-electron chi connectivity index (χ0n) is 11.5. The summed E-state index contributed by atoms with van der Waals surface area (Å²) >= 11 is 0. The summed E-state index contributed by atoms with van der Waals surface area (Å²) in [6.45, 7) is 7.79. The highest BCUT2D eigenvalue weighted by molar-refractivity contribution is 5.35. The number of benzene rings is 1. The first-order valence-electron chi connectivity index (χ1n) is 6.51. The van der Waals surface area contributed by atoms with E-state index in [1.54, 1.807) is 7.11 Å². The van der Waals surface area contributed by atoms with Crippen molar-refractivity contribution in [2.75, 3.05) is 13.7 Å². The summed E-state index contributed by atoms with van der Waals surface area (Å²) in [7, 11) is 1.73. The molecule has 0 saturated heterocycles. The number of rotatable bonds is 7. The largest absolute Gasteiger partial charge is 0.496 e. The molecule has 1 aromatic rings. The molecule has 1 aromatic carbocycles. The van der Waals surface area contributed by atoms with E-state index in [0.717, 1.165) is 18.2 Å². The topological polar surface area (TPSA) is 21.3 Å². The molecule has 2 nitrogen and oxygen atoms in total. The first kappa shape index (κ1) is 14.0. The second-order valence-electron chi connectivity index (χ2n) is 4.95. The highest BCUT2D eigenvalue weighted by Gasteiger charge is 2.09. The summed E-state index contributed by atoms with van der Waals surface area (Å²) in [4.78, 5) is 0. The van der Waals surface area contributed by atoms with Gasteiger partial charge in [0.2, 0.25) is 0 Å². The summed E-state index contributed by atoms with van der Waals surface area (Å²) in [5.74, 6) is 1.76. The Morgan fingerprint density at radius 2 is 1.88 bits per heavy atom. The Labute approximate surface area is 105 Å². The van der Waals surface area contributed by atoms with Gasteiger partial charge in [0.25, 0.3) is 0 Å². The number of hydrogen-bond acceptors (Lipinski definition) is 2. The van der Waals surface area contributed by atoms with Crippen molar-refractivity contribution >= 4 is 0 Å². The fourth-order valence-corrected chi connectivity index (χ4v) is 1.96. The zero-order chi connectivity index (χ0) is 12.7. The van der Waals surface area contributed by atoms with E-state index in [4.69, 9.17) is 4.74 Å². The highest BCUT2D eigenvalue weighted by atomic mass is 16.5. The van der Waals surface area contributed by atoms with Crippen molar-refractivity contribution in [3.63, 3.8) is 0 Å². The molecule has 2 heteroatoms. The quantitative estimate of drug-likeness (QED) is 0.726.